The molecule has 0 aromatic heterocycles. The zero-order valence-electron chi connectivity index (χ0n) is 20.5. The van der Waals surface area contributed by atoms with E-state index in [0.717, 1.165) is 104 Å². The number of hydrogen-bond acceptors (Lipinski definition) is 4. The van der Waals surface area contributed by atoms with Crippen molar-refractivity contribution in [1.82, 2.24) is 14.7 Å². The van der Waals surface area contributed by atoms with Gasteiger partial charge in [-0.05, 0) is 55.1 Å². The third kappa shape index (κ3) is 3.87. The molecule has 1 aromatic rings. The van der Waals surface area contributed by atoms with Crippen molar-refractivity contribution in [3.05, 3.63) is 35.4 Å². The monoisotopic (exact) mass is 465 g/mol. The first-order valence-electron chi connectivity index (χ1n) is 13.6. The maximum atomic E-state index is 14.0. The molecule has 6 nitrogen and oxygen atoms in total. The van der Waals surface area contributed by atoms with Gasteiger partial charge >= 0.3 is 0 Å². The van der Waals surface area contributed by atoms with Crippen LogP contribution >= 0.6 is 0 Å². The number of fused-ring (bicyclic) bond motifs is 1. The Morgan fingerprint density at radius 2 is 1.53 bits per heavy atom. The van der Waals surface area contributed by atoms with Crippen LogP contribution in [0.4, 0.5) is 0 Å². The van der Waals surface area contributed by atoms with E-state index in [2.05, 4.69) is 39.0 Å². The van der Waals surface area contributed by atoms with Gasteiger partial charge in [0.05, 0.1) is 13.2 Å². The van der Waals surface area contributed by atoms with Gasteiger partial charge in [-0.15, -0.1) is 0 Å². The van der Waals surface area contributed by atoms with Crippen LogP contribution < -0.4 is 0 Å². The van der Waals surface area contributed by atoms with E-state index in [1.54, 1.807) is 0 Å². The van der Waals surface area contributed by atoms with Crippen molar-refractivity contribution in [2.24, 2.45) is 11.3 Å². The number of nitrogens with zero attached hydrogens (tertiary/aromatic N) is 3. The summed E-state index contributed by atoms with van der Waals surface area (Å²) < 4.78 is 5.60. The SMILES string of the molecule is O=C(C1CC12CCN(C(=O)C1(N3CCOCC3)CCCCC1)CC2)N1CCc2ccccc2C1. The van der Waals surface area contributed by atoms with E-state index < -0.39 is 0 Å². The molecule has 1 unspecified atom stereocenters. The van der Waals surface area contributed by atoms with Crippen LogP contribution in [0.3, 0.4) is 0 Å². The molecule has 6 heteroatoms. The number of carbonyl (C=O) groups excluding carboxylic acids is 2. The number of likely N-dealkylation sites (tertiary alicyclic amines) is 1. The smallest absolute Gasteiger partial charge is 0.243 e. The third-order valence-electron chi connectivity index (χ3n) is 9.67. The van der Waals surface area contributed by atoms with E-state index in [-0.39, 0.29) is 16.9 Å². The summed E-state index contributed by atoms with van der Waals surface area (Å²) >= 11 is 0. The Bertz CT molecular complexity index is 927. The van der Waals surface area contributed by atoms with Gasteiger partial charge in [-0.1, -0.05) is 43.5 Å². The number of ether oxygens (including phenoxy) is 1. The van der Waals surface area contributed by atoms with E-state index in [0.29, 0.717) is 11.8 Å². The van der Waals surface area contributed by atoms with Gasteiger partial charge in [0.1, 0.15) is 5.54 Å². The number of amides is 2. The Balaban J connectivity index is 1.09. The Labute approximate surface area is 203 Å². The lowest BCUT2D eigenvalue weighted by Crippen LogP contribution is -2.63. The van der Waals surface area contributed by atoms with Gasteiger partial charge in [-0.25, -0.2) is 0 Å². The molecule has 6 rings (SSSR count). The maximum Gasteiger partial charge on any atom is 0.243 e. The van der Waals surface area contributed by atoms with Gasteiger partial charge in [0, 0.05) is 45.2 Å². The average Bonchev–Trinajstić information content (AvgIpc) is 3.61. The number of carbonyl (C=O) groups is 2. The molecule has 3 heterocycles. The van der Waals surface area contributed by atoms with Crippen molar-refractivity contribution in [2.75, 3.05) is 45.9 Å². The van der Waals surface area contributed by atoms with Crippen LogP contribution in [-0.4, -0.2) is 78.0 Å². The standard InChI is InChI=1S/C28H39N3O3/c32-25(30-13-8-22-6-2-3-7-23(22)21-30)24-20-27(24)11-14-29(15-12-27)26(33)28(9-4-1-5-10-28)31-16-18-34-19-17-31/h2-3,6-7,24H,1,4-5,8-21H2. The molecule has 2 saturated heterocycles. The normalized spacial score (nSPS) is 28.4. The molecule has 34 heavy (non-hydrogen) atoms. The van der Waals surface area contributed by atoms with Crippen LogP contribution in [-0.2, 0) is 27.3 Å². The molecule has 0 radical (unpaired) electrons. The summed E-state index contributed by atoms with van der Waals surface area (Å²) in [7, 11) is 0. The molecule has 2 aliphatic carbocycles. The van der Waals surface area contributed by atoms with Crippen molar-refractivity contribution in [1.29, 1.82) is 0 Å². The molecule has 1 spiro atoms. The maximum absolute atomic E-state index is 14.0. The first-order valence-corrected chi connectivity index (χ1v) is 13.6. The Kier molecular flexibility index (Phi) is 5.93. The van der Waals surface area contributed by atoms with Crippen LogP contribution in [0.1, 0.15) is 62.5 Å². The fourth-order valence-electron chi connectivity index (χ4n) is 7.40. The summed E-state index contributed by atoms with van der Waals surface area (Å²) in [6.45, 7) is 6.46. The van der Waals surface area contributed by atoms with Crippen molar-refractivity contribution < 1.29 is 14.3 Å². The largest absolute Gasteiger partial charge is 0.379 e. The third-order valence-corrected chi connectivity index (χ3v) is 9.67. The predicted octanol–water partition coefficient (Wildman–Crippen LogP) is 3.24. The second-order valence-electron chi connectivity index (χ2n) is 11.4. The molecule has 2 saturated carbocycles. The van der Waals surface area contributed by atoms with Crippen molar-refractivity contribution in [3.63, 3.8) is 0 Å². The minimum atomic E-state index is -0.313. The van der Waals surface area contributed by atoms with Gasteiger partial charge in [0.15, 0.2) is 0 Å². The van der Waals surface area contributed by atoms with Gasteiger partial charge in [-0.2, -0.15) is 0 Å². The first kappa shape index (κ1) is 22.5. The zero-order valence-corrected chi connectivity index (χ0v) is 20.5. The quantitative estimate of drug-likeness (QED) is 0.688. The summed E-state index contributed by atoms with van der Waals surface area (Å²) in [5, 5.41) is 0. The highest BCUT2D eigenvalue weighted by atomic mass is 16.5. The van der Waals surface area contributed by atoms with E-state index >= 15 is 0 Å². The van der Waals surface area contributed by atoms with Crippen LogP contribution in [0.25, 0.3) is 0 Å². The minimum Gasteiger partial charge on any atom is -0.379 e. The van der Waals surface area contributed by atoms with Gasteiger partial charge in [0.25, 0.3) is 0 Å². The Morgan fingerprint density at radius 3 is 2.26 bits per heavy atom. The van der Waals surface area contributed by atoms with Crippen molar-refractivity contribution >= 4 is 11.8 Å². The molecule has 5 aliphatic rings. The molecule has 184 valence electrons. The molecular formula is C28H39N3O3. The molecule has 3 aliphatic heterocycles. The van der Waals surface area contributed by atoms with Crippen LogP contribution in [0, 0.1) is 11.3 Å². The van der Waals surface area contributed by atoms with Crippen molar-refractivity contribution in [3.8, 4) is 0 Å². The summed E-state index contributed by atoms with van der Waals surface area (Å²) in [6, 6.07) is 8.53. The molecule has 0 N–H and O–H groups in total. The Morgan fingerprint density at radius 1 is 0.824 bits per heavy atom. The van der Waals surface area contributed by atoms with Gasteiger partial charge in [-0.3, -0.25) is 14.5 Å². The molecule has 0 bridgehead atoms. The van der Waals surface area contributed by atoms with E-state index in [1.165, 1.54) is 17.5 Å². The number of morpholine rings is 1. The summed E-state index contributed by atoms with van der Waals surface area (Å²) in [5.74, 6) is 0.879. The lowest BCUT2D eigenvalue weighted by Gasteiger charge is -2.49. The Hall–Kier alpha value is -1.92. The predicted molar refractivity (Wildman–Crippen MR) is 130 cm³/mol. The molecule has 2 amide bonds. The summed E-state index contributed by atoms with van der Waals surface area (Å²) in [6.07, 6.45) is 9.47. The number of hydrogen-bond donors (Lipinski definition) is 0. The highest BCUT2D eigenvalue weighted by molar-refractivity contribution is 5.87. The second kappa shape index (κ2) is 8.94. The van der Waals surface area contributed by atoms with E-state index in [9.17, 15) is 9.59 Å². The van der Waals surface area contributed by atoms with E-state index in [4.69, 9.17) is 4.74 Å². The highest BCUT2D eigenvalue weighted by Gasteiger charge is 2.60. The fourth-order valence-corrected chi connectivity index (χ4v) is 7.40. The van der Waals surface area contributed by atoms with E-state index in [1.807, 2.05) is 0 Å². The number of benzene rings is 1. The topological polar surface area (TPSA) is 53.1 Å². The van der Waals surface area contributed by atoms with Gasteiger partial charge in [0.2, 0.25) is 11.8 Å². The van der Waals surface area contributed by atoms with Crippen molar-refractivity contribution in [2.45, 2.75) is 69.9 Å². The first-order chi connectivity index (χ1) is 16.6. The molecule has 1 atom stereocenters. The van der Waals surface area contributed by atoms with Crippen LogP contribution in [0.5, 0.6) is 0 Å². The summed E-state index contributed by atoms with van der Waals surface area (Å²) in [5.41, 5.74) is 2.52. The molecule has 1 aromatic carbocycles. The summed E-state index contributed by atoms with van der Waals surface area (Å²) in [4.78, 5) is 34.0. The number of piperidine rings is 1. The van der Waals surface area contributed by atoms with Gasteiger partial charge < -0.3 is 14.5 Å². The molecule has 4 fully saturated rings. The zero-order chi connectivity index (χ0) is 23.2. The van der Waals surface area contributed by atoms with Crippen LogP contribution in [0.2, 0.25) is 0 Å². The lowest BCUT2D eigenvalue weighted by molar-refractivity contribution is -0.153. The second-order valence-corrected chi connectivity index (χ2v) is 11.4. The lowest BCUT2D eigenvalue weighted by atomic mass is 9.78. The average molecular weight is 466 g/mol. The molecular weight excluding hydrogens is 426 g/mol. The number of rotatable bonds is 3. The van der Waals surface area contributed by atoms with Crippen LogP contribution in [0.15, 0.2) is 24.3 Å². The fraction of sp³-hybridized carbons (Fsp3) is 0.714. The minimum absolute atomic E-state index is 0.142. The highest BCUT2D eigenvalue weighted by Crippen LogP contribution is 2.60.